The Kier molecular flexibility index (Phi) is 6.83. The number of nitrogens with one attached hydrogen (secondary N) is 2. The molecular weight excluding hydrogens is 465 g/mol. The first-order chi connectivity index (χ1) is 14.9. The summed E-state index contributed by atoms with van der Waals surface area (Å²) in [5.41, 5.74) is 1.23. The number of aromatic amines is 1. The third kappa shape index (κ3) is 5.23. The first kappa shape index (κ1) is 24.0. The monoisotopic (exact) mass is 486 g/mol. The van der Waals surface area contributed by atoms with Gasteiger partial charge in [0.1, 0.15) is 17.5 Å². The zero-order valence-corrected chi connectivity index (χ0v) is 19.6. The van der Waals surface area contributed by atoms with Crippen molar-refractivity contribution in [3.63, 3.8) is 0 Å². The summed E-state index contributed by atoms with van der Waals surface area (Å²) in [4.78, 5) is 17.3. The number of aliphatic hydroxyl groups excluding tert-OH is 1. The maximum atomic E-state index is 13.5. The smallest absolute Gasteiger partial charge is 0.278 e. The summed E-state index contributed by atoms with van der Waals surface area (Å²) < 4.78 is 33.7. The number of hydrogen-bond donors (Lipinski definition) is 3. The molecule has 0 saturated carbocycles. The van der Waals surface area contributed by atoms with Crippen LogP contribution in [0.1, 0.15) is 41.8 Å². The van der Waals surface area contributed by atoms with Crippen molar-refractivity contribution in [1.29, 1.82) is 0 Å². The number of nitrogens with zero attached hydrogens (tertiary/aromatic N) is 4. The summed E-state index contributed by atoms with van der Waals surface area (Å²) in [5, 5.41) is 23.7. The highest BCUT2D eigenvalue weighted by molar-refractivity contribution is 7.28. The fraction of sp³-hybridized carbons (Fsp3) is 0.368. The van der Waals surface area contributed by atoms with E-state index < -0.39 is 24.5 Å². The summed E-state index contributed by atoms with van der Waals surface area (Å²) >= 11 is 5.99. The zero-order chi connectivity index (χ0) is 23.8. The van der Waals surface area contributed by atoms with E-state index in [9.17, 15) is 18.7 Å². The summed E-state index contributed by atoms with van der Waals surface area (Å²) in [5.74, 6) is -3.28. The molecule has 2 atom stereocenters. The van der Waals surface area contributed by atoms with Crippen LogP contribution in [0.15, 0.2) is 12.1 Å². The molecule has 13 heteroatoms. The Bertz CT molecular complexity index is 1140. The highest BCUT2D eigenvalue weighted by Gasteiger charge is 2.26. The number of anilines is 1. The van der Waals surface area contributed by atoms with Gasteiger partial charge in [0.15, 0.2) is 23.4 Å². The lowest BCUT2D eigenvalue weighted by atomic mass is 10.1. The molecule has 0 radical (unpaired) electrons. The Morgan fingerprint density at radius 1 is 1.47 bits per heavy atom. The number of halogens is 3. The molecule has 0 bridgehead atoms. The van der Waals surface area contributed by atoms with Crippen molar-refractivity contribution in [2.24, 2.45) is 7.05 Å². The summed E-state index contributed by atoms with van der Waals surface area (Å²) in [6.07, 6.45) is -0.864. The molecule has 3 N–H and O–H groups in total. The van der Waals surface area contributed by atoms with E-state index in [2.05, 4.69) is 34.8 Å². The van der Waals surface area contributed by atoms with E-state index in [4.69, 9.17) is 16.3 Å². The molecule has 2 aromatic heterocycles. The van der Waals surface area contributed by atoms with Gasteiger partial charge in [-0.25, -0.2) is 13.8 Å². The minimum Gasteiger partial charge on any atom is -0.486 e. The molecule has 32 heavy (non-hydrogen) atoms. The summed E-state index contributed by atoms with van der Waals surface area (Å²) in [6, 6.07) is 2.87. The van der Waals surface area contributed by atoms with Crippen LogP contribution in [0.25, 0.3) is 11.4 Å². The molecule has 0 spiro atoms. The maximum Gasteiger partial charge on any atom is 0.278 e. The molecule has 9 nitrogen and oxygen atoms in total. The van der Waals surface area contributed by atoms with Crippen LogP contribution in [0.5, 0.6) is 5.75 Å². The van der Waals surface area contributed by atoms with Crippen LogP contribution in [0.3, 0.4) is 0 Å². The van der Waals surface area contributed by atoms with E-state index in [1.54, 1.807) is 20.9 Å². The molecule has 1 amide bonds. The lowest BCUT2D eigenvalue weighted by Gasteiger charge is -2.17. The number of amides is 1. The van der Waals surface area contributed by atoms with Gasteiger partial charge in [-0.1, -0.05) is 11.6 Å². The Hall–Kier alpha value is -2.62. The number of aromatic nitrogens is 5. The van der Waals surface area contributed by atoms with Gasteiger partial charge in [-0.2, -0.15) is 10.2 Å². The van der Waals surface area contributed by atoms with Crippen LogP contribution in [0.4, 0.5) is 14.5 Å². The Balaban J connectivity index is 2.05. The molecule has 3 rings (SSSR count). The molecule has 0 fully saturated rings. The molecule has 2 unspecified atom stereocenters. The van der Waals surface area contributed by atoms with E-state index >= 15 is 0 Å². The predicted octanol–water partition coefficient (Wildman–Crippen LogP) is 3.01. The van der Waals surface area contributed by atoms with E-state index in [1.807, 2.05) is 0 Å². The van der Waals surface area contributed by atoms with Gasteiger partial charge in [0, 0.05) is 19.5 Å². The average molecular weight is 487 g/mol. The largest absolute Gasteiger partial charge is 0.486 e. The predicted molar refractivity (Wildman–Crippen MR) is 119 cm³/mol. The number of H-pyrrole nitrogens is 1. The van der Waals surface area contributed by atoms with Gasteiger partial charge in [0.2, 0.25) is 0 Å². The van der Waals surface area contributed by atoms with E-state index in [-0.39, 0.29) is 28.0 Å². The normalized spacial score (nSPS) is 12.7. The van der Waals surface area contributed by atoms with Crippen molar-refractivity contribution in [2.75, 3.05) is 11.9 Å². The van der Waals surface area contributed by atoms with Gasteiger partial charge in [-0.3, -0.25) is 14.6 Å². The van der Waals surface area contributed by atoms with Gasteiger partial charge in [-0.05, 0) is 31.3 Å². The quantitative estimate of drug-likeness (QED) is 0.442. The van der Waals surface area contributed by atoms with Gasteiger partial charge in [0.05, 0.1) is 11.3 Å². The van der Waals surface area contributed by atoms with Crippen LogP contribution in [-0.2, 0) is 7.05 Å². The minimum absolute atomic E-state index is 0.00588. The maximum absolute atomic E-state index is 13.5. The van der Waals surface area contributed by atoms with Gasteiger partial charge < -0.3 is 15.2 Å². The first-order valence-electron chi connectivity index (χ1n) is 9.42. The second-order valence-corrected chi connectivity index (χ2v) is 8.34. The van der Waals surface area contributed by atoms with Crippen LogP contribution in [0.2, 0.25) is 5.15 Å². The zero-order valence-electron chi connectivity index (χ0n) is 17.7. The average Bonchev–Trinajstić information content (AvgIpc) is 3.23. The van der Waals surface area contributed by atoms with Crippen molar-refractivity contribution in [1.82, 2.24) is 25.0 Å². The Labute approximate surface area is 189 Å². The minimum atomic E-state index is -3.12. The third-order valence-electron chi connectivity index (χ3n) is 4.43. The van der Waals surface area contributed by atoms with Crippen LogP contribution in [0, 0.1) is 6.92 Å². The third-order valence-corrected chi connectivity index (χ3v) is 5.18. The highest BCUT2D eigenvalue weighted by atomic mass is 35.5. The molecule has 1 aromatic carbocycles. The molecule has 0 aliphatic rings. The van der Waals surface area contributed by atoms with Crippen molar-refractivity contribution in [3.05, 3.63) is 34.4 Å². The number of carbonyl (C=O) groups excluding carboxylic acids is 1. The molecule has 0 aliphatic carbocycles. The van der Waals surface area contributed by atoms with Gasteiger partial charge >= 0.3 is 0 Å². The van der Waals surface area contributed by atoms with E-state index in [0.717, 1.165) is 0 Å². The van der Waals surface area contributed by atoms with Gasteiger partial charge in [0.25, 0.3) is 11.8 Å². The van der Waals surface area contributed by atoms with E-state index in [1.165, 1.54) is 16.8 Å². The molecular formula is C19H22ClF2N6O3P. The molecule has 0 aliphatic heterocycles. The van der Waals surface area contributed by atoms with Crippen LogP contribution < -0.4 is 15.4 Å². The number of carbonyl (C=O) groups is 1. The molecule has 3 aromatic rings. The Morgan fingerprint density at radius 2 is 2.16 bits per heavy atom. The molecule has 172 valence electrons. The lowest BCUT2D eigenvalue weighted by Crippen LogP contribution is -2.23. The second kappa shape index (κ2) is 9.09. The number of aliphatic hydroxyl groups is 1. The Morgan fingerprint density at radius 3 is 2.69 bits per heavy atom. The number of rotatable bonds is 7. The van der Waals surface area contributed by atoms with Crippen molar-refractivity contribution < 1.29 is 23.4 Å². The van der Waals surface area contributed by atoms with Crippen molar-refractivity contribution >= 4 is 37.7 Å². The van der Waals surface area contributed by atoms with Crippen molar-refractivity contribution in [3.8, 4) is 17.1 Å². The standard InChI is InChI=1S/C19H22ClF2N6O3P/c1-8-14(15(20)26-25-8)23-18(30)10-6-13(32)11(5-12(10)31-7-19(3,21)22)16-24-17(9(2)29)28(4)27-16/h5-6,9,29H,7,32H2,1-4H3,(H,23,30)(H,25,26). The number of ether oxygens (including phenoxy) is 1. The lowest BCUT2D eigenvalue weighted by molar-refractivity contribution is -0.0231. The molecule has 0 saturated heterocycles. The second-order valence-electron chi connectivity index (χ2n) is 7.36. The highest BCUT2D eigenvalue weighted by Crippen LogP contribution is 2.30. The SMILES string of the molecule is Cc1[nH]nc(Cl)c1NC(=O)c1cc(P)c(-c2nc(C(C)O)n(C)n2)cc1OCC(C)(F)F. The topological polar surface area (TPSA) is 118 Å². The number of aryl methyl sites for hydroxylation is 2. The van der Waals surface area contributed by atoms with Crippen LogP contribution in [-0.4, -0.2) is 48.5 Å². The number of benzene rings is 1. The first-order valence-corrected chi connectivity index (χ1v) is 10.4. The van der Waals surface area contributed by atoms with Crippen LogP contribution >= 0.6 is 20.8 Å². The van der Waals surface area contributed by atoms with Gasteiger partial charge in [-0.15, -0.1) is 9.24 Å². The number of hydrogen-bond acceptors (Lipinski definition) is 6. The van der Waals surface area contributed by atoms with Crippen molar-refractivity contribution in [2.45, 2.75) is 32.8 Å². The fourth-order valence-electron chi connectivity index (χ4n) is 2.89. The summed E-state index contributed by atoms with van der Waals surface area (Å²) in [7, 11) is 4.08. The number of alkyl halides is 2. The molecule has 2 heterocycles. The fourth-order valence-corrected chi connectivity index (χ4v) is 3.50. The van der Waals surface area contributed by atoms with E-state index in [0.29, 0.717) is 29.3 Å². The summed E-state index contributed by atoms with van der Waals surface area (Å²) in [6.45, 7) is 2.98.